The van der Waals surface area contributed by atoms with E-state index in [1.54, 1.807) is 0 Å². The molecule has 1 aromatic heterocycles. The van der Waals surface area contributed by atoms with Crippen molar-refractivity contribution in [2.24, 2.45) is 12.0 Å². The van der Waals surface area contributed by atoms with Gasteiger partial charge >= 0.3 is 6.18 Å². The van der Waals surface area contributed by atoms with Crippen LogP contribution in [0.25, 0.3) is 0 Å². The molecule has 3 heterocycles. The van der Waals surface area contributed by atoms with E-state index >= 15 is 0 Å². The van der Waals surface area contributed by atoms with E-state index in [-0.39, 0.29) is 41.6 Å². The van der Waals surface area contributed by atoms with E-state index in [1.807, 2.05) is 29.4 Å². The molecular weight excluding hydrogens is 487 g/mol. The van der Waals surface area contributed by atoms with E-state index in [9.17, 15) is 18.0 Å². The first-order chi connectivity index (χ1) is 17.3. The monoisotopic (exact) mass is 523 g/mol. The predicted molar refractivity (Wildman–Crippen MR) is 131 cm³/mol. The summed E-state index contributed by atoms with van der Waals surface area (Å²) in [5, 5.41) is 0. The van der Waals surface area contributed by atoms with Crippen LogP contribution in [0, 0.1) is 0 Å². The predicted octanol–water partition coefficient (Wildman–Crippen LogP) is 5.01. The molecule has 1 aromatic carbocycles. The highest BCUT2D eigenvalue weighted by Gasteiger charge is 2.33. The summed E-state index contributed by atoms with van der Waals surface area (Å²) < 4.78 is 61.7. The van der Waals surface area contributed by atoms with Crippen LogP contribution in [-0.2, 0) is 34.7 Å². The Morgan fingerprint density at radius 1 is 1.14 bits per heavy atom. The lowest BCUT2D eigenvalue weighted by atomic mass is 9.92. The number of carbonyl (C=O) groups excluding carboxylic acids is 1. The molecule has 204 valence electrons. The Kier molecular flexibility index (Phi) is 7.90. The maximum Gasteiger partial charge on any atom is 0.416 e. The van der Waals surface area contributed by atoms with Crippen LogP contribution in [0.1, 0.15) is 75.0 Å². The van der Waals surface area contributed by atoms with Gasteiger partial charge in [0.2, 0.25) is 0 Å². The average molecular weight is 524 g/mol. The van der Waals surface area contributed by atoms with Crippen molar-refractivity contribution in [1.29, 1.82) is 0 Å². The van der Waals surface area contributed by atoms with Crippen LogP contribution in [0.15, 0.2) is 29.3 Å². The summed E-state index contributed by atoms with van der Waals surface area (Å²) in [6, 6.07) is 4.74. The largest absolute Gasteiger partial charge is 0.490 e. The van der Waals surface area contributed by atoms with Crippen LogP contribution in [0.5, 0.6) is 5.75 Å². The first-order valence-corrected chi connectivity index (χ1v) is 12.8. The van der Waals surface area contributed by atoms with E-state index in [4.69, 9.17) is 14.2 Å². The molecular formula is C27H36F3N3O4. The Morgan fingerprint density at radius 2 is 1.89 bits per heavy atom. The highest BCUT2D eigenvalue weighted by molar-refractivity contribution is 5.97. The second-order valence-electron chi connectivity index (χ2n) is 11.0. The maximum atomic E-state index is 13.5. The Labute approximate surface area is 215 Å². The number of benzene rings is 1. The molecule has 0 N–H and O–H groups in total. The number of rotatable bonds is 6. The number of alkyl halides is 3. The van der Waals surface area contributed by atoms with Crippen molar-refractivity contribution in [3.63, 3.8) is 0 Å². The molecule has 0 aliphatic carbocycles. The second-order valence-corrected chi connectivity index (χ2v) is 11.0. The molecule has 1 amide bonds. The van der Waals surface area contributed by atoms with Crippen molar-refractivity contribution in [2.45, 2.75) is 89.8 Å². The summed E-state index contributed by atoms with van der Waals surface area (Å²) in [5.74, 6) is -0.739. The molecule has 2 aromatic rings. The number of aromatic nitrogens is 2. The van der Waals surface area contributed by atoms with Crippen molar-refractivity contribution < 1.29 is 32.2 Å². The van der Waals surface area contributed by atoms with Crippen LogP contribution in [0.3, 0.4) is 0 Å². The zero-order chi connectivity index (χ0) is 27.0. The van der Waals surface area contributed by atoms with Crippen molar-refractivity contribution in [1.82, 2.24) is 9.36 Å². The molecule has 0 radical (unpaired) electrons. The third kappa shape index (κ3) is 6.46. The van der Waals surface area contributed by atoms with E-state index in [0.717, 1.165) is 43.5 Å². The number of ether oxygens (including phenoxy) is 3. The van der Waals surface area contributed by atoms with Crippen LogP contribution in [0.2, 0.25) is 0 Å². The van der Waals surface area contributed by atoms with Crippen LogP contribution >= 0.6 is 0 Å². The van der Waals surface area contributed by atoms with Gasteiger partial charge in [-0.15, -0.1) is 0 Å². The van der Waals surface area contributed by atoms with E-state index in [1.165, 1.54) is 6.07 Å². The van der Waals surface area contributed by atoms with Crippen molar-refractivity contribution in [3.8, 4) is 5.75 Å². The molecule has 2 fully saturated rings. The van der Waals surface area contributed by atoms with Crippen molar-refractivity contribution in [2.75, 3.05) is 13.2 Å². The van der Waals surface area contributed by atoms with E-state index in [0.29, 0.717) is 18.6 Å². The minimum atomic E-state index is -4.61. The van der Waals surface area contributed by atoms with Gasteiger partial charge in [0.1, 0.15) is 12.4 Å². The lowest BCUT2D eigenvalue weighted by molar-refractivity contribution is -0.137. The minimum Gasteiger partial charge on any atom is -0.490 e. The van der Waals surface area contributed by atoms with E-state index < -0.39 is 17.6 Å². The first-order valence-electron chi connectivity index (χ1n) is 12.8. The third-order valence-electron chi connectivity index (χ3n) is 6.91. The fourth-order valence-electron chi connectivity index (χ4n) is 4.92. The average Bonchev–Trinajstić information content (AvgIpc) is 3.54. The zero-order valence-electron chi connectivity index (χ0n) is 22.1. The van der Waals surface area contributed by atoms with E-state index in [2.05, 4.69) is 25.8 Å². The highest BCUT2D eigenvalue weighted by atomic mass is 19.4. The highest BCUT2D eigenvalue weighted by Crippen LogP contribution is 2.33. The molecule has 10 heteroatoms. The number of nitrogens with zero attached hydrogens (tertiary/aromatic N) is 3. The summed E-state index contributed by atoms with van der Waals surface area (Å²) in [4.78, 5) is 17.7. The molecule has 0 bridgehead atoms. The summed E-state index contributed by atoms with van der Waals surface area (Å²) >= 11 is 0. The quantitative estimate of drug-likeness (QED) is 0.534. The van der Waals surface area contributed by atoms with Gasteiger partial charge in [0, 0.05) is 30.8 Å². The molecule has 1 unspecified atom stereocenters. The molecule has 2 saturated heterocycles. The SMILES string of the molecule is C[C@@H]1CCC(COc2ccc(C(F)(F)F)cc2C(=O)N=c2cc(C(C)(C)C)n(C)n2C[C@H]2CCCO2)O1. The molecule has 2 aliphatic rings. The Balaban J connectivity index is 1.72. The number of carbonyl (C=O) groups is 1. The minimum absolute atomic E-state index is 0.0169. The smallest absolute Gasteiger partial charge is 0.416 e. The molecule has 0 saturated carbocycles. The number of hydrogen-bond acceptors (Lipinski definition) is 4. The number of halogens is 3. The third-order valence-corrected chi connectivity index (χ3v) is 6.91. The van der Waals surface area contributed by atoms with Gasteiger partial charge in [-0.25, -0.2) is 0 Å². The molecule has 37 heavy (non-hydrogen) atoms. The fourth-order valence-corrected chi connectivity index (χ4v) is 4.92. The van der Waals surface area contributed by atoms with Crippen LogP contribution < -0.4 is 10.2 Å². The van der Waals surface area contributed by atoms with Gasteiger partial charge in [-0.2, -0.15) is 18.2 Å². The van der Waals surface area contributed by atoms with Gasteiger partial charge in [0.25, 0.3) is 5.91 Å². The van der Waals surface area contributed by atoms with Gasteiger partial charge in [-0.3, -0.25) is 14.2 Å². The van der Waals surface area contributed by atoms with Gasteiger partial charge in [0.15, 0.2) is 5.49 Å². The van der Waals surface area contributed by atoms with Gasteiger partial charge in [0.05, 0.1) is 36.0 Å². The zero-order valence-corrected chi connectivity index (χ0v) is 22.1. The normalized spacial score (nSPS) is 23.1. The standard InChI is InChI=1S/C27H36F3N3O4/c1-17-8-10-20(37-17)16-36-22-11-9-18(27(28,29)30)13-21(22)25(34)31-24-14-23(26(2,3)4)32(5)33(24)15-19-7-6-12-35-19/h9,11,13-14,17,19-20H,6-8,10,12,15-16H2,1-5H3/t17-,19-,20?/m1/s1. The Morgan fingerprint density at radius 3 is 2.49 bits per heavy atom. The van der Waals surface area contributed by atoms with Crippen LogP contribution in [-0.4, -0.2) is 46.8 Å². The maximum absolute atomic E-state index is 13.5. The molecule has 3 atom stereocenters. The number of amides is 1. The fraction of sp³-hybridized carbons (Fsp3) is 0.630. The van der Waals surface area contributed by atoms with Crippen molar-refractivity contribution >= 4 is 5.91 Å². The Bertz CT molecular complexity index is 1190. The summed E-state index contributed by atoms with van der Waals surface area (Å²) in [7, 11) is 1.89. The Hall–Kier alpha value is -2.59. The summed E-state index contributed by atoms with van der Waals surface area (Å²) in [5.41, 5.74) is -0.105. The summed E-state index contributed by atoms with van der Waals surface area (Å²) in [6.07, 6.45) is -1.16. The lowest BCUT2D eigenvalue weighted by Gasteiger charge is -2.21. The molecule has 2 aliphatic heterocycles. The molecule has 0 spiro atoms. The second kappa shape index (κ2) is 10.6. The summed E-state index contributed by atoms with van der Waals surface area (Å²) in [6.45, 7) is 9.43. The molecule has 4 rings (SSSR count). The topological polar surface area (TPSA) is 67.0 Å². The van der Waals surface area contributed by atoms with Crippen molar-refractivity contribution in [3.05, 3.63) is 46.6 Å². The van der Waals surface area contributed by atoms with Gasteiger partial charge in [-0.1, -0.05) is 20.8 Å². The van der Waals surface area contributed by atoms with Gasteiger partial charge < -0.3 is 14.2 Å². The molecule has 7 nitrogen and oxygen atoms in total. The lowest BCUT2D eigenvalue weighted by Crippen LogP contribution is -2.30. The van der Waals surface area contributed by atoms with Gasteiger partial charge in [-0.05, 0) is 50.8 Å². The number of hydrogen-bond donors (Lipinski definition) is 0. The first kappa shape index (κ1) is 27.4. The van der Waals surface area contributed by atoms with Crippen LogP contribution in [0.4, 0.5) is 13.2 Å².